The number of carbonyl (C=O) groups is 2. The van der Waals surface area contributed by atoms with E-state index in [1.165, 1.54) is 11.1 Å². The van der Waals surface area contributed by atoms with Crippen molar-refractivity contribution in [1.82, 2.24) is 10.2 Å². The minimum Gasteiger partial charge on any atom is -0.477 e. The number of nitrogens with zero attached hydrogens (tertiary/aromatic N) is 4. The monoisotopic (exact) mass is 358 g/mol. The van der Waals surface area contributed by atoms with Crippen LogP contribution in [0.3, 0.4) is 0 Å². The van der Waals surface area contributed by atoms with E-state index in [4.69, 9.17) is 4.42 Å². The van der Waals surface area contributed by atoms with E-state index in [-0.39, 0.29) is 16.0 Å². The fourth-order valence-electron chi connectivity index (χ4n) is 2.24. The number of anilines is 1. The highest BCUT2D eigenvalue weighted by Crippen LogP contribution is 2.30. The molecule has 1 aliphatic heterocycles. The van der Waals surface area contributed by atoms with Gasteiger partial charge in [0, 0.05) is 6.92 Å². The number of amides is 1. The topological polar surface area (TPSA) is 109 Å². The van der Waals surface area contributed by atoms with E-state index < -0.39 is 11.9 Å². The summed E-state index contributed by atoms with van der Waals surface area (Å²) in [6.45, 7) is 3.29. The molecule has 1 atom stereocenters. The van der Waals surface area contributed by atoms with Crippen molar-refractivity contribution < 1.29 is 19.1 Å². The first kappa shape index (κ1) is 16.9. The first-order valence-electron chi connectivity index (χ1n) is 7.33. The number of hydrazone groups is 1. The number of para-hydroxylation sites is 1. The third-order valence-electron chi connectivity index (χ3n) is 3.42. The third-order valence-corrected chi connectivity index (χ3v) is 4.29. The summed E-state index contributed by atoms with van der Waals surface area (Å²) in [5.41, 5.74) is 1.13. The van der Waals surface area contributed by atoms with E-state index in [1.807, 2.05) is 6.07 Å². The lowest BCUT2D eigenvalue weighted by atomic mass is 10.0. The van der Waals surface area contributed by atoms with Crippen LogP contribution < -0.4 is 5.01 Å². The molecule has 1 aliphatic rings. The molecule has 0 fully saturated rings. The molecule has 0 unspecified atom stereocenters. The van der Waals surface area contributed by atoms with Gasteiger partial charge in [0.05, 0.1) is 22.2 Å². The molecule has 1 aromatic heterocycles. The highest BCUT2D eigenvalue weighted by Gasteiger charge is 2.34. The summed E-state index contributed by atoms with van der Waals surface area (Å²) in [6.07, 6.45) is 1.36. The maximum absolute atomic E-state index is 12.6. The average molecular weight is 358 g/mol. The van der Waals surface area contributed by atoms with Crippen molar-refractivity contribution in [3.05, 3.63) is 47.2 Å². The fraction of sp³-hybridized carbons (Fsp3) is 0.188. The number of aromatic nitrogens is 2. The lowest BCUT2D eigenvalue weighted by Crippen LogP contribution is -2.26. The van der Waals surface area contributed by atoms with Gasteiger partial charge in [0.1, 0.15) is 0 Å². The molecule has 1 amide bonds. The van der Waals surface area contributed by atoms with Gasteiger partial charge in [0.2, 0.25) is 5.89 Å². The smallest absolute Gasteiger partial charge is 0.342 e. The lowest BCUT2D eigenvalue weighted by Gasteiger charge is -2.12. The fourth-order valence-corrected chi connectivity index (χ4v) is 2.96. The Hall–Kier alpha value is -2.94. The second kappa shape index (κ2) is 6.89. The predicted molar refractivity (Wildman–Crippen MR) is 91.1 cm³/mol. The summed E-state index contributed by atoms with van der Waals surface area (Å²) in [5, 5.41) is 22.5. The zero-order valence-electron chi connectivity index (χ0n) is 13.4. The number of aliphatic carboxylic acids is 1. The largest absolute Gasteiger partial charge is 0.477 e. The Morgan fingerprint density at radius 2 is 2.00 bits per heavy atom. The zero-order chi connectivity index (χ0) is 18.0. The van der Waals surface area contributed by atoms with Crippen molar-refractivity contribution in [2.45, 2.75) is 19.1 Å². The maximum atomic E-state index is 12.6. The molecule has 2 heterocycles. The summed E-state index contributed by atoms with van der Waals surface area (Å²) < 4.78 is 5.18. The molecule has 128 valence electrons. The standard InChI is InChI=1S/C16H14N4O4S/c1-9-12(14(21)20(19-9)11-6-4-3-5-7-11)8-13(15(22)23)25-16-18-17-10(2)24-16/h3-8,12H,1-2H3,(H,22,23)/b13-8+/t12-/m1/s1. The number of carboxylic acids is 1. The van der Waals surface area contributed by atoms with Crippen molar-refractivity contribution in [3.8, 4) is 0 Å². The van der Waals surface area contributed by atoms with Gasteiger partial charge in [-0.1, -0.05) is 18.2 Å². The predicted octanol–water partition coefficient (Wildman–Crippen LogP) is 2.48. The number of carbonyl (C=O) groups excluding carboxylic acids is 1. The molecule has 0 spiro atoms. The minimum absolute atomic E-state index is 0.0774. The van der Waals surface area contributed by atoms with Crippen LogP contribution in [0, 0.1) is 12.8 Å². The van der Waals surface area contributed by atoms with Crippen molar-refractivity contribution in [2.24, 2.45) is 11.0 Å². The Morgan fingerprint density at radius 3 is 2.60 bits per heavy atom. The van der Waals surface area contributed by atoms with E-state index in [0.29, 0.717) is 17.3 Å². The molecule has 9 heteroatoms. The quantitative estimate of drug-likeness (QED) is 0.646. The zero-order valence-corrected chi connectivity index (χ0v) is 14.2. The minimum atomic E-state index is -1.18. The summed E-state index contributed by atoms with van der Waals surface area (Å²) in [7, 11) is 0. The van der Waals surface area contributed by atoms with E-state index >= 15 is 0 Å². The molecule has 0 saturated carbocycles. The molecule has 0 saturated heterocycles. The van der Waals surface area contributed by atoms with Gasteiger partial charge in [-0.25, -0.2) is 4.79 Å². The SMILES string of the molecule is CC1=NN(c2ccccc2)C(=O)[C@@H]1/C=C(/Sc1nnc(C)o1)C(=O)O. The molecule has 0 aliphatic carbocycles. The molecule has 1 aromatic carbocycles. The van der Waals surface area contributed by atoms with Gasteiger partial charge >= 0.3 is 5.97 Å². The van der Waals surface area contributed by atoms with Crippen LogP contribution in [-0.4, -0.2) is 32.9 Å². The maximum Gasteiger partial charge on any atom is 0.342 e. The lowest BCUT2D eigenvalue weighted by molar-refractivity contribution is -0.131. The van der Waals surface area contributed by atoms with Crippen LogP contribution in [0.25, 0.3) is 0 Å². The Kier molecular flexibility index (Phi) is 4.66. The number of rotatable bonds is 5. The van der Waals surface area contributed by atoms with Crippen LogP contribution in [-0.2, 0) is 9.59 Å². The number of aryl methyl sites for hydroxylation is 1. The Balaban J connectivity index is 1.86. The van der Waals surface area contributed by atoms with E-state index in [9.17, 15) is 14.7 Å². The van der Waals surface area contributed by atoms with Crippen molar-refractivity contribution >= 4 is 35.0 Å². The number of hydrogen-bond acceptors (Lipinski definition) is 7. The number of hydrogen-bond donors (Lipinski definition) is 1. The summed E-state index contributed by atoms with van der Waals surface area (Å²) in [6, 6.07) is 8.95. The van der Waals surface area contributed by atoms with E-state index in [0.717, 1.165) is 11.8 Å². The van der Waals surface area contributed by atoms with Crippen LogP contribution in [0.5, 0.6) is 0 Å². The Labute approximate surface area is 147 Å². The Morgan fingerprint density at radius 1 is 1.28 bits per heavy atom. The summed E-state index contributed by atoms with van der Waals surface area (Å²) in [5.74, 6) is -1.93. The second-order valence-electron chi connectivity index (χ2n) is 5.23. The summed E-state index contributed by atoms with van der Waals surface area (Å²) >= 11 is 0.801. The van der Waals surface area contributed by atoms with Crippen LogP contribution in [0.4, 0.5) is 5.69 Å². The number of carboxylic acid groups (broad SMARTS) is 1. The van der Waals surface area contributed by atoms with Crippen LogP contribution in [0.2, 0.25) is 0 Å². The van der Waals surface area contributed by atoms with Gasteiger partial charge in [-0.15, -0.1) is 10.2 Å². The average Bonchev–Trinajstić information content (AvgIpc) is 3.12. The number of benzene rings is 1. The highest BCUT2D eigenvalue weighted by molar-refractivity contribution is 8.03. The van der Waals surface area contributed by atoms with Crippen LogP contribution in [0.15, 0.2) is 56.1 Å². The first-order chi connectivity index (χ1) is 12.0. The molecule has 3 rings (SSSR count). The molecule has 0 radical (unpaired) electrons. The van der Waals surface area contributed by atoms with Crippen molar-refractivity contribution in [2.75, 3.05) is 5.01 Å². The van der Waals surface area contributed by atoms with Crippen molar-refractivity contribution in [3.63, 3.8) is 0 Å². The molecule has 8 nitrogen and oxygen atoms in total. The van der Waals surface area contributed by atoms with Gasteiger partial charge < -0.3 is 9.52 Å². The Bertz CT molecular complexity index is 875. The molecule has 25 heavy (non-hydrogen) atoms. The normalized spacial score (nSPS) is 17.8. The van der Waals surface area contributed by atoms with Crippen LogP contribution >= 0.6 is 11.8 Å². The molecule has 1 N–H and O–H groups in total. The van der Waals surface area contributed by atoms with Gasteiger partial charge in [-0.3, -0.25) is 4.79 Å². The number of thioether (sulfide) groups is 1. The van der Waals surface area contributed by atoms with Crippen molar-refractivity contribution in [1.29, 1.82) is 0 Å². The van der Waals surface area contributed by atoms with Crippen LogP contribution in [0.1, 0.15) is 12.8 Å². The van der Waals surface area contributed by atoms with E-state index in [1.54, 1.807) is 38.1 Å². The third kappa shape index (κ3) is 3.61. The van der Waals surface area contributed by atoms with E-state index in [2.05, 4.69) is 15.3 Å². The molecule has 0 bridgehead atoms. The molecule has 2 aromatic rings. The first-order valence-corrected chi connectivity index (χ1v) is 8.14. The van der Waals surface area contributed by atoms with Gasteiger partial charge in [-0.05, 0) is 36.9 Å². The van der Waals surface area contributed by atoms with Gasteiger partial charge in [0.15, 0.2) is 0 Å². The highest BCUT2D eigenvalue weighted by atomic mass is 32.2. The van der Waals surface area contributed by atoms with Gasteiger partial charge in [-0.2, -0.15) is 10.1 Å². The van der Waals surface area contributed by atoms with Gasteiger partial charge in [0.25, 0.3) is 11.1 Å². The second-order valence-corrected chi connectivity index (χ2v) is 6.22. The molecular weight excluding hydrogens is 344 g/mol. The molecular formula is C16H14N4O4S. The summed E-state index contributed by atoms with van der Waals surface area (Å²) in [4.78, 5) is 24.1.